The van der Waals surface area contributed by atoms with Crippen LogP contribution in [-0.2, 0) is 6.54 Å². The third-order valence-corrected chi connectivity index (χ3v) is 2.36. The molecule has 2 nitrogen and oxygen atoms in total. The lowest BCUT2D eigenvalue weighted by molar-refractivity contribution is 0.319. The standard InChI is InChI=1S/C12H19FN2.2ClH/c1-15(9-3-2-8-14)10-11-4-6-12(13)7-5-11;;/h4-7H,2-3,8-10,14H2,1H3;2*1H. The molecule has 0 aliphatic carbocycles. The van der Waals surface area contributed by atoms with E-state index >= 15 is 0 Å². The number of nitrogens with zero attached hydrogens (tertiary/aromatic N) is 1. The van der Waals surface area contributed by atoms with Crippen LogP contribution in [-0.4, -0.2) is 25.0 Å². The van der Waals surface area contributed by atoms with Gasteiger partial charge in [-0.1, -0.05) is 12.1 Å². The van der Waals surface area contributed by atoms with Crippen molar-refractivity contribution in [3.8, 4) is 0 Å². The normalized spacial score (nSPS) is 9.65. The average molecular weight is 283 g/mol. The Kier molecular flexibility index (Phi) is 12.1. The van der Waals surface area contributed by atoms with Gasteiger partial charge in [0.1, 0.15) is 5.82 Å². The zero-order valence-corrected chi connectivity index (χ0v) is 11.7. The third kappa shape index (κ3) is 8.38. The van der Waals surface area contributed by atoms with Gasteiger partial charge in [0, 0.05) is 6.54 Å². The van der Waals surface area contributed by atoms with Gasteiger partial charge in [0.15, 0.2) is 0 Å². The van der Waals surface area contributed by atoms with Crippen molar-refractivity contribution in [1.82, 2.24) is 4.90 Å². The van der Waals surface area contributed by atoms with Crippen LogP contribution in [0, 0.1) is 5.82 Å². The summed E-state index contributed by atoms with van der Waals surface area (Å²) >= 11 is 0. The lowest BCUT2D eigenvalue weighted by Gasteiger charge is -2.16. The van der Waals surface area contributed by atoms with E-state index in [4.69, 9.17) is 5.73 Å². The van der Waals surface area contributed by atoms with Gasteiger partial charge in [-0.05, 0) is 50.7 Å². The lowest BCUT2D eigenvalue weighted by Crippen LogP contribution is -2.19. The number of nitrogens with two attached hydrogens (primary N) is 1. The van der Waals surface area contributed by atoms with Gasteiger partial charge in [-0.25, -0.2) is 4.39 Å². The van der Waals surface area contributed by atoms with E-state index in [-0.39, 0.29) is 30.6 Å². The molecule has 1 aromatic carbocycles. The highest BCUT2D eigenvalue weighted by Crippen LogP contribution is 2.05. The molecule has 0 aromatic heterocycles. The van der Waals surface area contributed by atoms with E-state index < -0.39 is 0 Å². The van der Waals surface area contributed by atoms with Crippen LogP contribution in [0.2, 0.25) is 0 Å². The predicted octanol–water partition coefficient (Wildman–Crippen LogP) is 2.84. The van der Waals surface area contributed by atoms with Gasteiger partial charge in [0.25, 0.3) is 0 Å². The second-order valence-electron chi connectivity index (χ2n) is 3.86. The topological polar surface area (TPSA) is 29.3 Å². The maximum atomic E-state index is 12.6. The van der Waals surface area contributed by atoms with Crippen molar-refractivity contribution in [1.29, 1.82) is 0 Å². The van der Waals surface area contributed by atoms with E-state index in [9.17, 15) is 4.39 Å². The van der Waals surface area contributed by atoms with Crippen LogP contribution < -0.4 is 5.73 Å². The zero-order valence-electron chi connectivity index (χ0n) is 10.1. The number of hydrogen-bond acceptors (Lipinski definition) is 2. The summed E-state index contributed by atoms with van der Waals surface area (Å²) < 4.78 is 12.6. The minimum Gasteiger partial charge on any atom is -0.330 e. The molecule has 0 atom stereocenters. The predicted molar refractivity (Wildman–Crippen MR) is 75.5 cm³/mol. The number of hydrogen-bond donors (Lipinski definition) is 1. The second-order valence-corrected chi connectivity index (χ2v) is 3.86. The maximum absolute atomic E-state index is 12.6. The Morgan fingerprint density at radius 3 is 2.24 bits per heavy atom. The molecule has 17 heavy (non-hydrogen) atoms. The summed E-state index contributed by atoms with van der Waals surface area (Å²) in [5.74, 6) is -0.176. The highest BCUT2D eigenvalue weighted by Gasteiger charge is 1.99. The van der Waals surface area contributed by atoms with Crippen molar-refractivity contribution in [2.45, 2.75) is 19.4 Å². The summed E-state index contributed by atoms with van der Waals surface area (Å²) in [4.78, 5) is 2.23. The Hall–Kier alpha value is -0.350. The lowest BCUT2D eigenvalue weighted by atomic mass is 10.2. The minimum atomic E-state index is -0.176. The van der Waals surface area contributed by atoms with Gasteiger partial charge < -0.3 is 10.6 Å². The van der Waals surface area contributed by atoms with Gasteiger partial charge in [-0.15, -0.1) is 24.8 Å². The van der Waals surface area contributed by atoms with Crippen LogP contribution in [0.4, 0.5) is 4.39 Å². The van der Waals surface area contributed by atoms with E-state index in [1.165, 1.54) is 12.1 Å². The number of halogens is 3. The van der Waals surface area contributed by atoms with Crippen LogP contribution in [0.3, 0.4) is 0 Å². The molecule has 1 rings (SSSR count). The SMILES string of the molecule is CN(CCCCN)Cc1ccc(F)cc1.Cl.Cl. The first-order valence-electron chi connectivity index (χ1n) is 5.35. The van der Waals surface area contributed by atoms with Gasteiger partial charge >= 0.3 is 0 Å². The molecule has 1 aromatic rings. The van der Waals surface area contributed by atoms with E-state index in [0.29, 0.717) is 0 Å². The summed E-state index contributed by atoms with van der Waals surface area (Å²) in [6, 6.07) is 6.66. The molecule has 0 saturated heterocycles. The van der Waals surface area contributed by atoms with E-state index in [1.54, 1.807) is 0 Å². The van der Waals surface area contributed by atoms with Crippen molar-refractivity contribution in [3.05, 3.63) is 35.6 Å². The monoisotopic (exact) mass is 282 g/mol. The van der Waals surface area contributed by atoms with Crippen molar-refractivity contribution in [2.24, 2.45) is 5.73 Å². The molecular formula is C12H21Cl2FN2. The fourth-order valence-electron chi connectivity index (χ4n) is 1.51. The zero-order chi connectivity index (χ0) is 11.1. The molecule has 0 unspecified atom stereocenters. The molecule has 0 aliphatic heterocycles. The summed E-state index contributed by atoms with van der Waals surface area (Å²) in [7, 11) is 2.07. The highest BCUT2D eigenvalue weighted by atomic mass is 35.5. The molecule has 0 bridgehead atoms. The fourth-order valence-corrected chi connectivity index (χ4v) is 1.51. The largest absolute Gasteiger partial charge is 0.330 e. The van der Waals surface area contributed by atoms with Gasteiger partial charge in [0.05, 0.1) is 0 Å². The summed E-state index contributed by atoms with van der Waals surface area (Å²) in [5.41, 5.74) is 6.57. The van der Waals surface area contributed by atoms with Gasteiger partial charge in [-0.2, -0.15) is 0 Å². The molecule has 0 heterocycles. The number of unbranched alkanes of at least 4 members (excludes halogenated alkanes) is 1. The molecule has 0 spiro atoms. The van der Waals surface area contributed by atoms with E-state index in [2.05, 4.69) is 11.9 Å². The maximum Gasteiger partial charge on any atom is 0.123 e. The Morgan fingerprint density at radius 2 is 1.71 bits per heavy atom. The smallest absolute Gasteiger partial charge is 0.123 e. The third-order valence-electron chi connectivity index (χ3n) is 2.36. The molecule has 5 heteroatoms. The first-order valence-corrected chi connectivity index (χ1v) is 5.35. The molecular weight excluding hydrogens is 262 g/mol. The van der Waals surface area contributed by atoms with Crippen molar-refractivity contribution in [3.63, 3.8) is 0 Å². The highest BCUT2D eigenvalue weighted by molar-refractivity contribution is 5.85. The second kappa shape index (κ2) is 10.8. The minimum absolute atomic E-state index is 0. The quantitative estimate of drug-likeness (QED) is 0.813. The van der Waals surface area contributed by atoms with Crippen molar-refractivity contribution < 1.29 is 4.39 Å². The van der Waals surface area contributed by atoms with Crippen molar-refractivity contribution >= 4 is 24.8 Å². The molecule has 100 valence electrons. The van der Waals surface area contributed by atoms with Gasteiger partial charge in [0.2, 0.25) is 0 Å². The van der Waals surface area contributed by atoms with Crippen LogP contribution in [0.1, 0.15) is 18.4 Å². The fraction of sp³-hybridized carbons (Fsp3) is 0.500. The first-order chi connectivity index (χ1) is 7.22. The van der Waals surface area contributed by atoms with Crippen molar-refractivity contribution in [2.75, 3.05) is 20.1 Å². The number of benzene rings is 1. The Labute approximate surface area is 115 Å². The van der Waals surface area contributed by atoms with Crippen LogP contribution >= 0.6 is 24.8 Å². The molecule has 0 fully saturated rings. The van der Waals surface area contributed by atoms with E-state index in [1.807, 2.05) is 12.1 Å². The summed E-state index contributed by atoms with van der Waals surface area (Å²) in [6.07, 6.45) is 2.18. The summed E-state index contributed by atoms with van der Waals surface area (Å²) in [6.45, 7) is 2.66. The van der Waals surface area contributed by atoms with Crippen LogP contribution in [0.5, 0.6) is 0 Å². The Bertz CT molecular complexity index is 280. The van der Waals surface area contributed by atoms with Gasteiger partial charge in [-0.3, -0.25) is 0 Å². The molecule has 0 aliphatic rings. The Balaban J connectivity index is 0. The van der Waals surface area contributed by atoms with Crippen LogP contribution in [0.15, 0.2) is 24.3 Å². The number of rotatable bonds is 6. The molecule has 2 N–H and O–H groups in total. The molecule has 0 radical (unpaired) electrons. The first kappa shape index (κ1) is 19.0. The molecule has 0 saturated carbocycles. The summed E-state index contributed by atoms with van der Waals surface area (Å²) in [5, 5.41) is 0. The van der Waals surface area contributed by atoms with E-state index in [0.717, 1.165) is 38.0 Å². The van der Waals surface area contributed by atoms with Crippen LogP contribution in [0.25, 0.3) is 0 Å². The Morgan fingerprint density at radius 1 is 1.12 bits per heavy atom. The average Bonchev–Trinajstić information content (AvgIpc) is 2.22. The molecule has 0 amide bonds.